The van der Waals surface area contributed by atoms with Gasteiger partial charge in [0.1, 0.15) is 6.54 Å². The van der Waals surface area contributed by atoms with Crippen LogP contribution in [-0.2, 0) is 17.9 Å². The van der Waals surface area contributed by atoms with Gasteiger partial charge in [0.05, 0.1) is 17.2 Å². The lowest BCUT2D eigenvalue weighted by Gasteiger charge is -2.18. The first kappa shape index (κ1) is 19.8. The number of para-hydroxylation sites is 1. The number of nitrogens with zero attached hydrogens (tertiary/aromatic N) is 3. The van der Waals surface area contributed by atoms with Crippen molar-refractivity contribution >= 4 is 22.5 Å². The first-order valence-electron chi connectivity index (χ1n) is 9.57. The maximum atomic E-state index is 12.6. The molecule has 146 valence electrons. The summed E-state index contributed by atoms with van der Waals surface area (Å²) in [5.74, 6) is -0.254. The first-order chi connectivity index (χ1) is 13.5. The Balaban J connectivity index is 1.73. The van der Waals surface area contributed by atoms with Gasteiger partial charge in [0.2, 0.25) is 5.91 Å². The average molecular weight is 378 g/mol. The molecule has 3 rings (SSSR count). The average Bonchev–Trinajstić information content (AvgIpc) is 2.69. The predicted molar refractivity (Wildman–Crippen MR) is 112 cm³/mol. The molecule has 0 spiro atoms. The van der Waals surface area contributed by atoms with Crippen LogP contribution in [0.25, 0.3) is 10.9 Å². The van der Waals surface area contributed by atoms with Gasteiger partial charge in [-0.3, -0.25) is 19.1 Å². The summed E-state index contributed by atoms with van der Waals surface area (Å²) in [6.07, 6.45) is 1.44. The van der Waals surface area contributed by atoms with Crippen molar-refractivity contribution < 1.29 is 4.79 Å². The molecule has 1 N–H and O–H groups in total. The summed E-state index contributed by atoms with van der Waals surface area (Å²) in [4.78, 5) is 31.8. The number of carbonyl (C=O) groups excluding carboxylic acids is 1. The number of aryl methyl sites for hydroxylation is 1. The largest absolute Gasteiger partial charge is 0.325 e. The number of anilines is 1. The lowest BCUT2D eigenvalue weighted by Crippen LogP contribution is -2.28. The highest BCUT2D eigenvalue weighted by atomic mass is 16.2. The van der Waals surface area contributed by atoms with E-state index in [-0.39, 0.29) is 18.0 Å². The summed E-state index contributed by atoms with van der Waals surface area (Å²) in [5.41, 5.74) is 3.28. The zero-order valence-corrected chi connectivity index (χ0v) is 16.6. The summed E-state index contributed by atoms with van der Waals surface area (Å²) in [7, 11) is 0. The molecular weight excluding hydrogens is 352 g/mol. The molecule has 1 aromatic heterocycles. The van der Waals surface area contributed by atoms with Crippen LogP contribution < -0.4 is 10.9 Å². The third-order valence-electron chi connectivity index (χ3n) is 4.88. The molecule has 28 heavy (non-hydrogen) atoms. The van der Waals surface area contributed by atoms with E-state index in [9.17, 15) is 9.59 Å². The molecule has 0 aliphatic heterocycles. The SMILES string of the molecule is CCN(CC)Cc1cccc(NC(=O)Cn2cnc3c(C)cccc3c2=O)c1. The summed E-state index contributed by atoms with van der Waals surface area (Å²) < 4.78 is 1.34. The van der Waals surface area contributed by atoms with Crippen molar-refractivity contribution in [2.45, 2.75) is 33.9 Å². The second-order valence-corrected chi connectivity index (χ2v) is 6.86. The highest BCUT2D eigenvalue weighted by Crippen LogP contribution is 2.14. The van der Waals surface area contributed by atoms with Crippen molar-refractivity contribution in [3.8, 4) is 0 Å². The third-order valence-corrected chi connectivity index (χ3v) is 4.88. The maximum absolute atomic E-state index is 12.6. The fraction of sp³-hybridized carbons (Fsp3) is 0.318. The molecule has 0 aliphatic carbocycles. The molecule has 0 bridgehead atoms. The van der Waals surface area contributed by atoms with Crippen molar-refractivity contribution in [1.29, 1.82) is 0 Å². The van der Waals surface area contributed by atoms with Gasteiger partial charge in [-0.25, -0.2) is 4.98 Å². The molecule has 1 amide bonds. The van der Waals surface area contributed by atoms with E-state index in [1.54, 1.807) is 6.07 Å². The van der Waals surface area contributed by atoms with Crippen LogP contribution >= 0.6 is 0 Å². The number of hydrogen-bond donors (Lipinski definition) is 1. The Kier molecular flexibility index (Phi) is 6.21. The molecule has 0 fully saturated rings. The molecule has 2 aromatic carbocycles. The van der Waals surface area contributed by atoms with Crippen LogP contribution in [-0.4, -0.2) is 33.4 Å². The molecule has 6 nitrogen and oxygen atoms in total. The number of rotatable bonds is 7. The van der Waals surface area contributed by atoms with Crippen molar-refractivity contribution in [3.05, 3.63) is 70.3 Å². The summed E-state index contributed by atoms with van der Waals surface area (Å²) >= 11 is 0. The van der Waals surface area contributed by atoms with Crippen molar-refractivity contribution in [2.24, 2.45) is 0 Å². The van der Waals surface area contributed by atoms with E-state index in [0.717, 1.165) is 36.4 Å². The summed E-state index contributed by atoms with van der Waals surface area (Å²) in [6.45, 7) is 8.89. The van der Waals surface area contributed by atoms with Crippen LogP contribution in [0.1, 0.15) is 25.0 Å². The Labute approximate surface area is 164 Å². The number of amides is 1. The maximum Gasteiger partial charge on any atom is 0.261 e. The first-order valence-corrected chi connectivity index (χ1v) is 9.57. The molecule has 0 saturated heterocycles. The van der Waals surface area contributed by atoms with Gasteiger partial charge in [0.15, 0.2) is 0 Å². The van der Waals surface area contributed by atoms with E-state index in [1.807, 2.05) is 43.3 Å². The van der Waals surface area contributed by atoms with Crippen LogP contribution in [0.2, 0.25) is 0 Å². The third kappa shape index (κ3) is 4.46. The van der Waals surface area contributed by atoms with Crippen LogP contribution in [0, 0.1) is 6.92 Å². The fourth-order valence-electron chi connectivity index (χ4n) is 3.26. The quantitative estimate of drug-likeness (QED) is 0.686. The van der Waals surface area contributed by atoms with E-state index in [4.69, 9.17) is 0 Å². The standard InChI is InChI=1S/C22H26N4O2/c1-4-25(5-2)13-17-9-7-10-18(12-17)24-20(27)14-26-15-23-21-16(3)8-6-11-19(21)22(26)28/h6-12,15H,4-5,13-14H2,1-3H3,(H,24,27). The van der Waals surface area contributed by atoms with E-state index >= 15 is 0 Å². The predicted octanol–water partition coefficient (Wildman–Crippen LogP) is 3.19. The smallest absolute Gasteiger partial charge is 0.261 e. The van der Waals surface area contributed by atoms with Crippen molar-refractivity contribution in [3.63, 3.8) is 0 Å². The van der Waals surface area contributed by atoms with Gasteiger partial charge in [-0.2, -0.15) is 0 Å². The van der Waals surface area contributed by atoms with Gasteiger partial charge in [0, 0.05) is 12.2 Å². The molecule has 1 heterocycles. The van der Waals surface area contributed by atoms with Crippen LogP contribution in [0.3, 0.4) is 0 Å². The highest BCUT2D eigenvalue weighted by molar-refractivity contribution is 5.91. The molecule has 0 aliphatic rings. The number of aromatic nitrogens is 2. The van der Waals surface area contributed by atoms with Gasteiger partial charge in [-0.1, -0.05) is 38.1 Å². The molecular formula is C22H26N4O2. The molecule has 0 atom stereocenters. The zero-order chi connectivity index (χ0) is 20.1. The minimum absolute atomic E-state index is 0.0734. The van der Waals surface area contributed by atoms with Gasteiger partial charge in [0.25, 0.3) is 5.56 Å². The topological polar surface area (TPSA) is 67.2 Å². The number of nitrogens with one attached hydrogen (secondary N) is 1. The Morgan fingerprint density at radius 3 is 2.64 bits per heavy atom. The molecule has 0 saturated carbocycles. The Hall–Kier alpha value is -2.99. The van der Waals surface area contributed by atoms with Gasteiger partial charge in [-0.05, 0) is 49.3 Å². The number of fused-ring (bicyclic) bond motifs is 1. The number of hydrogen-bond acceptors (Lipinski definition) is 4. The highest BCUT2D eigenvalue weighted by Gasteiger charge is 2.10. The van der Waals surface area contributed by atoms with E-state index in [1.165, 1.54) is 10.9 Å². The zero-order valence-electron chi connectivity index (χ0n) is 16.6. The Morgan fingerprint density at radius 2 is 1.89 bits per heavy atom. The Morgan fingerprint density at radius 1 is 1.14 bits per heavy atom. The fourth-order valence-corrected chi connectivity index (χ4v) is 3.26. The normalized spacial score (nSPS) is 11.1. The summed E-state index contributed by atoms with van der Waals surface area (Å²) in [6, 6.07) is 13.3. The minimum Gasteiger partial charge on any atom is -0.325 e. The van der Waals surface area contributed by atoms with Crippen LogP contribution in [0.5, 0.6) is 0 Å². The monoisotopic (exact) mass is 378 g/mol. The molecule has 6 heteroatoms. The second kappa shape index (κ2) is 8.80. The van der Waals surface area contributed by atoms with Gasteiger partial charge in [-0.15, -0.1) is 0 Å². The van der Waals surface area contributed by atoms with Gasteiger partial charge < -0.3 is 5.32 Å². The van der Waals surface area contributed by atoms with E-state index < -0.39 is 0 Å². The van der Waals surface area contributed by atoms with Crippen LogP contribution in [0.4, 0.5) is 5.69 Å². The van der Waals surface area contributed by atoms with Crippen LogP contribution in [0.15, 0.2) is 53.6 Å². The molecule has 0 radical (unpaired) electrons. The number of benzene rings is 2. The molecule has 3 aromatic rings. The van der Waals surface area contributed by atoms with Crippen molar-refractivity contribution in [2.75, 3.05) is 18.4 Å². The van der Waals surface area contributed by atoms with Gasteiger partial charge >= 0.3 is 0 Å². The summed E-state index contributed by atoms with van der Waals surface area (Å²) in [5, 5.41) is 3.41. The number of carbonyl (C=O) groups is 1. The molecule has 0 unspecified atom stereocenters. The van der Waals surface area contributed by atoms with Crippen molar-refractivity contribution in [1.82, 2.24) is 14.5 Å². The lowest BCUT2D eigenvalue weighted by molar-refractivity contribution is -0.116. The van der Waals surface area contributed by atoms with E-state index in [2.05, 4.69) is 29.0 Å². The Bertz CT molecular complexity index is 1040. The second-order valence-electron chi connectivity index (χ2n) is 6.86. The van der Waals surface area contributed by atoms with E-state index in [0.29, 0.717) is 10.9 Å². The minimum atomic E-state index is -0.254. The lowest BCUT2D eigenvalue weighted by atomic mass is 10.1.